The topological polar surface area (TPSA) is 83.7 Å². The maximum Gasteiger partial charge on any atom is 0.335 e. The lowest BCUT2D eigenvalue weighted by molar-refractivity contribution is -0.384. The lowest BCUT2D eigenvalue weighted by Gasteiger charge is -2.36. The van der Waals surface area contributed by atoms with Gasteiger partial charge in [-0.05, 0) is 37.8 Å². The monoisotopic (exact) mass is 278 g/mol. The summed E-state index contributed by atoms with van der Waals surface area (Å²) in [4.78, 5) is 23.8. The first kappa shape index (κ1) is 14.3. The molecule has 0 aromatic heterocycles. The van der Waals surface area contributed by atoms with E-state index in [1.807, 2.05) is 4.90 Å². The van der Waals surface area contributed by atoms with E-state index in [9.17, 15) is 14.9 Å². The Morgan fingerprint density at radius 2 is 2.25 bits per heavy atom. The number of hydrogen-bond donors (Lipinski definition) is 1. The minimum Gasteiger partial charge on any atom is -0.478 e. The Morgan fingerprint density at radius 3 is 2.85 bits per heavy atom. The smallest absolute Gasteiger partial charge is 0.335 e. The van der Waals surface area contributed by atoms with Crippen molar-refractivity contribution in [3.05, 3.63) is 33.9 Å². The van der Waals surface area contributed by atoms with Crippen LogP contribution in [0.25, 0.3) is 0 Å². The third-order valence-corrected chi connectivity index (χ3v) is 3.83. The largest absolute Gasteiger partial charge is 0.478 e. The van der Waals surface area contributed by atoms with Gasteiger partial charge in [0.15, 0.2) is 0 Å². The van der Waals surface area contributed by atoms with E-state index >= 15 is 0 Å². The number of nitro groups is 1. The highest BCUT2D eigenvalue weighted by molar-refractivity contribution is 5.90. The summed E-state index contributed by atoms with van der Waals surface area (Å²) in [6.07, 6.45) is 3.98. The summed E-state index contributed by atoms with van der Waals surface area (Å²) in [6.45, 7) is 2.79. The van der Waals surface area contributed by atoms with Crippen LogP contribution in [0, 0.1) is 10.1 Å². The average Bonchev–Trinajstić information content (AvgIpc) is 2.46. The molecule has 1 unspecified atom stereocenters. The second kappa shape index (κ2) is 5.90. The summed E-state index contributed by atoms with van der Waals surface area (Å²) in [5.74, 6) is -1.06. The summed E-state index contributed by atoms with van der Waals surface area (Å²) in [6, 6.07) is 4.25. The molecule has 1 aromatic rings. The Morgan fingerprint density at radius 1 is 1.50 bits per heavy atom. The van der Waals surface area contributed by atoms with Crippen molar-refractivity contribution >= 4 is 17.3 Å². The van der Waals surface area contributed by atoms with E-state index in [2.05, 4.69) is 6.92 Å². The molecule has 6 nitrogen and oxygen atoms in total. The lowest BCUT2D eigenvalue weighted by atomic mass is 9.98. The predicted molar refractivity (Wildman–Crippen MR) is 75.3 cm³/mol. The second-order valence-corrected chi connectivity index (χ2v) is 5.02. The summed E-state index contributed by atoms with van der Waals surface area (Å²) in [7, 11) is 0. The molecule has 2 rings (SSSR count). The van der Waals surface area contributed by atoms with Crippen molar-refractivity contribution < 1.29 is 14.8 Å². The minimum absolute atomic E-state index is 0.0182. The molecule has 0 saturated carbocycles. The molecule has 1 aliphatic rings. The van der Waals surface area contributed by atoms with Gasteiger partial charge in [0.05, 0.1) is 10.5 Å². The van der Waals surface area contributed by atoms with Crippen LogP contribution in [0.5, 0.6) is 0 Å². The number of aromatic carboxylic acids is 1. The maximum atomic E-state index is 11.2. The zero-order chi connectivity index (χ0) is 14.7. The van der Waals surface area contributed by atoms with Crippen LogP contribution in [0.2, 0.25) is 0 Å². The third kappa shape index (κ3) is 2.74. The molecule has 0 bridgehead atoms. The second-order valence-electron chi connectivity index (χ2n) is 5.02. The van der Waals surface area contributed by atoms with Gasteiger partial charge >= 0.3 is 5.97 Å². The molecule has 0 amide bonds. The van der Waals surface area contributed by atoms with Crippen LogP contribution in [0.3, 0.4) is 0 Å². The van der Waals surface area contributed by atoms with E-state index in [-0.39, 0.29) is 17.3 Å². The number of benzene rings is 1. The van der Waals surface area contributed by atoms with Crippen LogP contribution in [-0.4, -0.2) is 28.6 Å². The van der Waals surface area contributed by atoms with Gasteiger partial charge in [-0.25, -0.2) is 4.79 Å². The van der Waals surface area contributed by atoms with E-state index in [0.717, 1.165) is 32.2 Å². The average molecular weight is 278 g/mol. The summed E-state index contributed by atoms with van der Waals surface area (Å²) < 4.78 is 0. The van der Waals surface area contributed by atoms with Crippen LogP contribution in [0.15, 0.2) is 18.2 Å². The summed E-state index contributed by atoms with van der Waals surface area (Å²) in [5, 5.41) is 20.2. The summed E-state index contributed by atoms with van der Waals surface area (Å²) >= 11 is 0. The van der Waals surface area contributed by atoms with E-state index in [1.54, 1.807) is 0 Å². The van der Waals surface area contributed by atoms with Crippen molar-refractivity contribution in [1.82, 2.24) is 0 Å². The Balaban J connectivity index is 2.47. The fourth-order valence-electron chi connectivity index (χ4n) is 2.78. The number of nitrogens with zero attached hydrogens (tertiary/aromatic N) is 2. The quantitative estimate of drug-likeness (QED) is 0.676. The first-order valence-electron chi connectivity index (χ1n) is 6.83. The van der Waals surface area contributed by atoms with Crippen LogP contribution < -0.4 is 4.90 Å². The molecule has 1 N–H and O–H groups in total. The normalized spacial score (nSPS) is 18.9. The first-order valence-corrected chi connectivity index (χ1v) is 6.83. The third-order valence-electron chi connectivity index (χ3n) is 3.83. The molecule has 0 radical (unpaired) electrons. The highest BCUT2D eigenvalue weighted by Crippen LogP contribution is 2.34. The molecular formula is C14H18N2O4. The van der Waals surface area contributed by atoms with Gasteiger partial charge in [0.2, 0.25) is 0 Å². The number of carboxylic acid groups (broad SMARTS) is 1. The zero-order valence-electron chi connectivity index (χ0n) is 11.4. The van der Waals surface area contributed by atoms with Crippen LogP contribution >= 0.6 is 0 Å². The SMILES string of the molecule is CCC1CCCCN1c1cc(C(=O)O)ccc1[N+](=O)[O-]. The van der Waals surface area contributed by atoms with Crippen molar-refractivity contribution in [1.29, 1.82) is 0 Å². The first-order chi connectivity index (χ1) is 9.54. The minimum atomic E-state index is -1.06. The number of carbonyl (C=O) groups is 1. The van der Waals surface area contributed by atoms with Gasteiger partial charge in [-0.2, -0.15) is 0 Å². The van der Waals surface area contributed by atoms with Crippen molar-refractivity contribution in [3.8, 4) is 0 Å². The molecule has 1 atom stereocenters. The van der Waals surface area contributed by atoms with Crippen molar-refractivity contribution in [2.24, 2.45) is 0 Å². The number of nitro benzene ring substituents is 1. The number of piperidine rings is 1. The van der Waals surface area contributed by atoms with Gasteiger partial charge in [-0.1, -0.05) is 6.92 Å². The van der Waals surface area contributed by atoms with Gasteiger partial charge in [-0.3, -0.25) is 10.1 Å². The number of rotatable bonds is 4. The van der Waals surface area contributed by atoms with Crippen LogP contribution in [0.4, 0.5) is 11.4 Å². The van der Waals surface area contributed by atoms with Crippen LogP contribution in [-0.2, 0) is 0 Å². The molecule has 1 aliphatic heterocycles. The Kier molecular flexibility index (Phi) is 4.22. The van der Waals surface area contributed by atoms with Crippen molar-refractivity contribution in [2.45, 2.75) is 38.6 Å². The molecule has 20 heavy (non-hydrogen) atoms. The lowest BCUT2D eigenvalue weighted by Crippen LogP contribution is -2.39. The number of carboxylic acids is 1. The molecule has 0 spiro atoms. The standard InChI is InChI=1S/C14H18N2O4/c1-2-11-5-3-4-8-15(11)13-9-10(14(17)18)6-7-12(13)16(19)20/h6-7,9,11H,2-5,8H2,1H3,(H,17,18). The van der Waals surface area contributed by atoms with Gasteiger partial charge < -0.3 is 10.0 Å². The molecule has 0 aliphatic carbocycles. The highest BCUT2D eigenvalue weighted by atomic mass is 16.6. The highest BCUT2D eigenvalue weighted by Gasteiger charge is 2.27. The van der Waals surface area contributed by atoms with Gasteiger partial charge in [0.25, 0.3) is 5.69 Å². The van der Waals surface area contributed by atoms with Gasteiger partial charge in [0, 0.05) is 18.7 Å². The van der Waals surface area contributed by atoms with E-state index < -0.39 is 10.9 Å². The number of hydrogen-bond acceptors (Lipinski definition) is 4. The zero-order valence-corrected chi connectivity index (χ0v) is 11.4. The van der Waals surface area contributed by atoms with E-state index in [0.29, 0.717) is 5.69 Å². The fraction of sp³-hybridized carbons (Fsp3) is 0.500. The number of anilines is 1. The van der Waals surface area contributed by atoms with Gasteiger partial charge in [0.1, 0.15) is 5.69 Å². The molecule has 6 heteroatoms. The Bertz CT molecular complexity index is 530. The molecule has 1 aromatic carbocycles. The molecule has 108 valence electrons. The Labute approximate surface area is 117 Å². The summed E-state index contributed by atoms with van der Waals surface area (Å²) in [5.41, 5.74) is 0.503. The van der Waals surface area contributed by atoms with Crippen LogP contribution in [0.1, 0.15) is 43.0 Å². The molecular weight excluding hydrogens is 260 g/mol. The molecule has 1 fully saturated rings. The van der Waals surface area contributed by atoms with E-state index in [1.165, 1.54) is 18.2 Å². The maximum absolute atomic E-state index is 11.2. The molecule has 1 heterocycles. The van der Waals surface area contributed by atoms with E-state index in [4.69, 9.17) is 5.11 Å². The molecule has 1 saturated heterocycles. The van der Waals surface area contributed by atoms with Crippen molar-refractivity contribution in [2.75, 3.05) is 11.4 Å². The van der Waals surface area contributed by atoms with Crippen molar-refractivity contribution in [3.63, 3.8) is 0 Å². The predicted octanol–water partition coefficient (Wildman–Crippen LogP) is 3.06. The van der Waals surface area contributed by atoms with Gasteiger partial charge in [-0.15, -0.1) is 0 Å². The Hall–Kier alpha value is -2.11. The fourth-order valence-corrected chi connectivity index (χ4v) is 2.78.